The molecule has 4 heteroatoms. The zero-order valence-corrected chi connectivity index (χ0v) is 8.78. The van der Waals surface area contributed by atoms with Crippen molar-refractivity contribution in [3.63, 3.8) is 0 Å². The van der Waals surface area contributed by atoms with Crippen molar-refractivity contribution in [3.05, 3.63) is 0 Å². The summed E-state index contributed by atoms with van der Waals surface area (Å²) in [5, 5.41) is 0. The highest BCUT2D eigenvalue weighted by Gasteiger charge is 2.25. The van der Waals surface area contributed by atoms with Gasteiger partial charge in [0.1, 0.15) is 5.78 Å². The second-order valence-corrected chi connectivity index (χ2v) is 3.69. The van der Waals surface area contributed by atoms with Crippen molar-refractivity contribution in [2.24, 2.45) is 0 Å². The van der Waals surface area contributed by atoms with Crippen molar-refractivity contribution in [1.82, 2.24) is 4.90 Å². The van der Waals surface area contributed by atoms with Crippen LogP contribution in [-0.2, 0) is 14.3 Å². The molecule has 0 aromatic rings. The van der Waals surface area contributed by atoms with Crippen LogP contribution in [0.15, 0.2) is 0 Å². The summed E-state index contributed by atoms with van der Waals surface area (Å²) in [6, 6.07) is 0. The first-order chi connectivity index (χ1) is 6.63. The van der Waals surface area contributed by atoms with Gasteiger partial charge in [-0.25, -0.2) is 0 Å². The minimum Gasteiger partial charge on any atom is -0.380 e. The quantitative estimate of drug-likeness (QED) is 0.666. The standard InChI is InChI=1S/C10H17NO3/c1-8(12)3-4-10(13)11-6-5-9(7-11)14-2/h9H,3-7H2,1-2H3. The molecule has 0 saturated carbocycles. The van der Waals surface area contributed by atoms with E-state index in [1.165, 1.54) is 6.92 Å². The first kappa shape index (κ1) is 11.2. The molecule has 1 saturated heterocycles. The van der Waals surface area contributed by atoms with Crippen LogP contribution >= 0.6 is 0 Å². The van der Waals surface area contributed by atoms with Gasteiger partial charge in [0, 0.05) is 33.0 Å². The third kappa shape index (κ3) is 3.10. The van der Waals surface area contributed by atoms with Gasteiger partial charge in [-0.1, -0.05) is 0 Å². The Bertz CT molecular complexity index is 227. The number of hydrogen-bond donors (Lipinski definition) is 0. The maximum atomic E-state index is 11.5. The number of ether oxygens (including phenoxy) is 1. The van der Waals surface area contributed by atoms with E-state index < -0.39 is 0 Å². The van der Waals surface area contributed by atoms with Crippen molar-refractivity contribution in [1.29, 1.82) is 0 Å². The van der Waals surface area contributed by atoms with E-state index in [0.29, 0.717) is 19.4 Å². The smallest absolute Gasteiger partial charge is 0.223 e. The number of carbonyl (C=O) groups is 2. The van der Waals surface area contributed by atoms with E-state index in [4.69, 9.17) is 4.74 Å². The Hall–Kier alpha value is -0.900. The Morgan fingerprint density at radius 2 is 2.14 bits per heavy atom. The first-order valence-electron chi connectivity index (χ1n) is 4.93. The summed E-state index contributed by atoms with van der Waals surface area (Å²) >= 11 is 0. The third-order valence-corrected chi connectivity index (χ3v) is 2.52. The van der Waals surface area contributed by atoms with E-state index in [-0.39, 0.29) is 17.8 Å². The van der Waals surface area contributed by atoms with Crippen molar-refractivity contribution in [2.45, 2.75) is 32.3 Å². The molecule has 1 fully saturated rings. The van der Waals surface area contributed by atoms with Crippen LogP contribution in [0.2, 0.25) is 0 Å². The predicted molar refractivity (Wildman–Crippen MR) is 51.9 cm³/mol. The molecule has 14 heavy (non-hydrogen) atoms. The molecule has 0 N–H and O–H groups in total. The Labute approximate surface area is 84.2 Å². The van der Waals surface area contributed by atoms with Gasteiger partial charge in [0.25, 0.3) is 0 Å². The molecule has 80 valence electrons. The van der Waals surface area contributed by atoms with Crippen LogP contribution in [0.5, 0.6) is 0 Å². The number of amides is 1. The fraction of sp³-hybridized carbons (Fsp3) is 0.800. The summed E-state index contributed by atoms with van der Waals surface area (Å²) in [7, 11) is 1.66. The van der Waals surface area contributed by atoms with Gasteiger partial charge in [-0.15, -0.1) is 0 Å². The summed E-state index contributed by atoms with van der Waals surface area (Å²) in [5.41, 5.74) is 0. The van der Waals surface area contributed by atoms with Gasteiger partial charge in [-0.2, -0.15) is 0 Å². The monoisotopic (exact) mass is 199 g/mol. The Balaban J connectivity index is 2.28. The average Bonchev–Trinajstić information content (AvgIpc) is 2.62. The van der Waals surface area contributed by atoms with Crippen molar-refractivity contribution >= 4 is 11.7 Å². The van der Waals surface area contributed by atoms with E-state index in [9.17, 15) is 9.59 Å². The zero-order chi connectivity index (χ0) is 10.6. The zero-order valence-electron chi connectivity index (χ0n) is 8.78. The lowest BCUT2D eigenvalue weighted by atomic mass is 10.2. The Morgan fingerprint density at radius 1 is 1.43 bits per heavy atom. The molecular weight excluding hydrogens is 182 g/mol. The Kier molecular flexibility index (Phi) is 4.07. The van der Waals surface area contributed by atoms with E-state index in [0.717, 1.165) is 13.0 Å². The van der Waals surface area contributed by atoms with Gasteiger partial charge in [-0.05, 0) is 13.3 Å². The van der Waals surface area contributed by atoms with Gasteiger partial charge in [0.15, 0.2) is 0 Å². The third-order valence-electron chi connectivity index (χ3n) is 2.52. The van der Waals surface area contributed by atoms with E-state index in [2.05, 4.69) is 0 Å². The number of nitrogens with zero attached hydrogens (tertiary/aromatic N) is 1. The minimum atomic E-state index is 0.0692. The van der Waals surface area contributed by atoms with Gasteiger partial charge in [-0.3, -0.25) is 4.79 Å². The van der Waals surface area contributed by atoms with Crippen molar-refractivity contribution in [2.75, 3.05) is 20.2 Å². The number of likely N-dealkylation sites (tertiary alicyclic amines) is 1. The van der Waals surface area contributed by atoms with Gasteiger partial charge >= 0.3 is 0 Å². The summed E-state index contributed by atoms with van der Waals surface area (Å²) in [6.45, 7) is 2.94. The molecule has 0 radical (unpaired) electrons. The van der Waals surface area contributed by atoms with E-state index >= 15 is 0 Å². The normalized spacial score (nSPS) is 21.3. The molecule has 1 unspecified atom stereocenters. The largest absolute Gasteiger partial charge is 0.380 e. The minimum absolute atomic E-state index is 0.0692. The van der Waals surface area contributed by atoms with Gasteiger partial charge < -0.3 is 14.4 Å². The average molecular weight is 199 g/mol. The number of carbonyl (C=O) groups excluding carboxylic acids is 2. The molecule has 1 atom stereocenters. The van der Waals surface area contributed by atoms with Crippen LogP contribution < -0.4 is 0 Å². The summed E-state index contributed by atoms with van der Waals surface area (Å²) in [4.78, 5) is 24.0. The number of ketones is 1. The molecule has 0 aromatic heterocycles. The summed E-state index contributed by atoms with van der Waals surface area (Å²) in [6.07, 6.45) is 1.78. The molecule has 4 nitrogen and oxygen atoms in total. The number of hydrogen-bond acceptors (Lipinski definition) is 3. The Morgan fingerprint density at radius 3 is 2.64 bits per heavy atom. The molecule has 0 spiro atoms. The lowest BCUT2D eigenvalue weighted by molar-refractivity contribution is -0.132. The molecule has 0 aliphatic carbocycles. The van der Waals surface area contributed by atoms with Crippen molar-refractivity contribution < 1.29 is 14.3 Å². The van der Waals surface area contributed by atoms with Crippen molar-refractivity contribution in [3.8, 4) is 0 Å². The lowest BCUT2D eigenvalue weighted by Crippen LogP contribution is -2.30. The van der Waals surface area contributed by atoms with Crippen LogP contribution in [0.3, 0.4) is 0 Å². The SMILES string of the molecule is COC1CCN(C(=O)CCC(C)=O)C1. The molecule has 1 amide bonds. The molecule has 1 heterocycles. The number of rotatable bonds is 4. The summed E-state index contributed by atoms with van der Waals surface area (Å²) in [5.74, 6) is 0.139. The fourth-order valence-corrected chi connectivity index (χ4v) is 1.59. The van der Waals surface area contributed by atoms with Crippen LogP contribution in [0, 0.1) is 0 Å². The molecule has 1 aliphatic rings. The van der Waals surface area contributed by atoms with Crippen LogP contribution in [-0.4, -0.2) is 42.9 Å². The van der Waals surface area contributed by atoms with Gasteiger partial charge in [0.05, 0.1) is 6.10 Å². The molecule has 0 bridgehead atoms. The van der Waals surface area contributed by atoms with Crippen LogP contribution in [0.4, 0.5) is 0 Å². The number of Topliss-reactive ketones (excluding diaryl/α,β-unsaturated/α-hetero) is 1. The second kappa shape index (κ2) is 5.10. The molecule has 1 aliphatic heterocycles. The molecule has 0 aromatic carbocycles. The summed E-state index contributed by atoms with van der Waals surface area (Å²) < 4.78 is 5.16. The maximum Gasteiger partial charge on any atom is 0.223 e. The van der Waals surface area contributed by atoms with Gasteiger partial charge in [0.2, 0.25) is 5.91 Å². The fourth-order valence-electron chi connectivity index (χ4n) is 1.59. The van der Waals surface area contributed by atoms with Crippen LogP contribution in [0.25, 0.3) is 0 Å². The molecular formula is C10H17NO3. The predicted octanol–water partition coefficient (Wildman–Crippen LogP) is 0.603. The van der Waals surface area contributed by atoms with Crippen LogP contribution in [0.1, 0.15) is 26.2 Å². The second-order valence-electron chi connectivity index (χ2n) is 3.69. The first-order valence-corrected chi connectivity index (χ1v) is 4.93. The lowest BCUT2D eigenvalue weighted by Gasteiger charge is -2.15. The topological polar surface area (TPSA) is 46.6 Å². The number of methoxy groups -OCH3 is 1. The maximum absolute atomic E-state index is 11.5. The molecule has 1 rings (SSSR count). The van der Waals surface area contributed by atoms with E-state index in [1.54, 1.807) is 12.0 Å². The highest BCUT2D eigenvalue weighted by molar-refractivity contribution is 5.83. The highest BCUT2D eigenvalue weighted by atomic mass is 16.5. The van der Waals surface area contributed by atoms with E-state index in [1.807, 2.05) is 0 Å². The highest BCUT2D eigenvalue weighted by Crippen LogP contribution is 2.13.